The summed E-state index contributed by atoms with van der Waals surface area (Å²) in [5.74, 6) is 0. The molecule has 1 aromatic heterocycles. The minimum atomic E-state index is 0.583. The summed E-state index contributed by atoms with van der Waals surface area (Å²) < 4.78 is 1.32. The number of hydrogen-bond acceptors (Lipinski definition) is 1. The molecule has 0 aliphatic rings. The summed E-state index contributed by atoms with van der Waals surface area (Å²) in [5, 5.41) is 8.23. The molecule has 0 N–H and O–H groups in total. The van der Waals surface area contributed by atoms with E-state index < -0.39 is 0 Å². The van der Waals surface area contributed by atoms with Crippen molar-refractivity contribution in [3.8, 4) is 6.07 Å². The van der Waals surface area contributed by atoms with Gasteiger partial charge in [0, 0.05) is 24.2 Å². The fraction of sp³-hybridized carbons (Fsp3) is 0. The lowest BCUT2D eigenvalue weighted by atomic mass is 10.4. The highest BCUT2D eigenvalue weighted by Crippen LogP contribution is 1.98. The molecule has 0 radical (unpaired) electrons. The molecule has 1 heterocycles. The Morgan fingerprint density at radius 2 is 2.50 bits per heavy atom. The van der Waals surface area contributed by atoms with Crippen molar-refractivity contribution in [3.63, 3.8) is 0 Å². The van der Waals surface area contributed by atoms with Gasteiger partial charge in [0.2, 0.25) is 0 Å². The third-order valence-corrected chi connectivity index (χ3v) is 0.998. The average Bonchev–Trinajstić information content (AvgIpc) is 2.14. The molecular weight excluding hydrogens is 124 g/mol. The molecule has 0 amide bonds. The quantitative estimate of drug-likeness (QED) is 0.516. The predicted molar refractivity (Wildman–Crippen MR) is 30.4 cm³/mol. The Morgan fingerprint density at radius 1 is 1.75 bits per heavy atom. The highest BCUT2D eigenvalue weighted by Gasteiger charge is 1.88. The number of nitriles is 1. The zero-order chi connectivity index (χ0) is 5.98. The van der Waals surface area contributed by atoms with Crippen LogP contribution in [0.15, 0.2) is 18.5 Å². The average molecular weight is 127 g/mol. The van der Waals surface area contributed by atoms with Gasteiger partial charge in [-0.05, 0) is 6.07 Å². The summed E-state index contributed by atoms with van der Waals surface area (Å²) in [4.78, 5) is 0. The first-order valence-corrected chi connectivity index (χ1v) is 2.41. The van der Waals surface area contributed by atoms with E-state index in [2.05, 4.69) is 0 Å². The van der Waals surface area contributed by atoms with Gasteiger partial charge in [-0.25, -0.2) is 0 Å². The zero-order valence-electron chi connectivity index (χ0n) is 4.00. The molecule has 0 aliphatic heterocycles. The van der Waals surface area contributed by atoms with E-state index in [0.717, 1.165) is 0 Å². The Labute approximate surface area is 52.0 Å². The van der Waals surface area contributed by atoms with Crippen molar-refractivity contribution in [3.05, 3.63) is 24.0 Å². The van der Waals surface area contributed by atoms with Crippen molar-refractivity contribution < 1.29 is 0 Å². The molecule has 1 rings (SSSR count). The molecule has 0 saturated carbocycles. The van der Waals surface area contributed by atoms with Crippen LogP contribution in [0.1, 0.15) is 5.56 Å². The first kappa shape index (κ1) is 5.20. The standard InChI is InChI=1S/C5H3ClN2/c6-8-2-1-5(3-7)4-8/h1-2,4H. The van der Waals surface area contributed by atoms with Gasteiger partial charge in [0.25, 0.3) is 0 Å². The van der Waals surface area contributed by atoms with Crippen LogP contribution in [0.2, 0.25) is 0 Å². The number of halogens is 1. The molecular formula is C5H3ClN2. The van der Waals surface area contributed by atoms with E-state index in [0.29, 0.717) is 5.56 Å². The predicted octanol–water partition coefficient (Wildman–Crippen LogP) is 1.36. The molecule has 0 atom stereocenters. The van der Waals surface area contributed by atoms with E-state index in [1.165, 1.54) is 4.09 Å². The van der Waals surface area contributed by atoms with E-state index in [-0.39, 0.29) is 0 Å². The second-order valence-corrected chi connectivity index (χ2v) is 1.75. The van der Waals surface area contributed by atoms with Crippen LogP contribution in [0.5, 0.6) is 0 Å². The summed E-state index contributed by atoms with van der Waals surface area (Å²) in [5.41, 5.74) is 0.583. The summed E-state index contributed by atoms with van der Waals surface area (Å²) in [6.07, 6.45) is 3.15. The lowest BCUT2D eigenvalue weighted by Crippen LogP contribution is -1.66. The maximum atomic E-state index is 8.23. The molecule has 2 nitrogen and oxygen atoms in total. The van der Waals surface area contributed by atoms with Crippen LogP contribution in [0.3, 0.4) is 0 Å². The normalized spacial score (nSPS) is 8.50. The Bertz CT molecular complexity index is 221. The van der Waals surface area contributed by atoms with Crippen molar-refractivity contribution in [1.29, 1.82) is 5.26 Å². The summed E-state index contributed by atoms with van der Waals surface area (Å²) in [6, 6.07) is 3.59. The van der Waals surface area contributed by atoms with Gasteiger partial charge in [0.15, 0.2) is 0 Å². The van der Waals surface area contributed by atoms with E-state index in [4.69, 9.17) is 17.0 Å². The van der Waals surface area contributed by atoms with Crippen LogP contribution in [-0.4, -0.2) is 4.09 Å². The molecule has 1 aromatic rings. The van der Waals surface area contributed by atoms with Crippen molar-refractivity contribution in [2.24, 2.45) is 0 Å². The highest BCUT2D eigenvalue weighted by molar-refractivity contribution is 6.15. The Kier molecular flexibility index (Phi) is 1.23. The van der Waals surface area contributed by atoms with Crippen molar-refractivity contribution in [1.82, 2.24) is 4.09 Å². The lowest BCUT2D eigenvalue weighted by molar-refractivity contribution is 1.26. The summed E-state index contributed by atoms with van der Waals surface area (Å²) in [6.45, 7) is 0. The summed E-state index contributed by atoms with van der Waals surface area (Å²) in [7, 11) is 0. The van der Waals surface area contributed by atoms with Gasteiger partial charge in [-0.2, -0.15) is 5.26 Å². The van der Waals surface area contributed by atoms with Crippen LogP contribution in [0, 0.1) is 11.3 Å². The first-order chi connectivity index (χ1) is 3.83. The Hall–Kier alpha value is -0.940. The van der Waals surface area contributed by atoms with Gasteiger partial charge in [-0.3, -0.25) is 4.09 Å². The monoisotopic (exact) mass is 126 g/mol. The number of rotatable bonds is 0. The molecule has 3 heteroatoms. The van der Waals surface area contributed by atoms with Gasteiger partial charge in [-0.15, -0.1) is 0 Å². The molecule has 0 spiro atoms. The zero-order valence-corrected chi connectivity index (χ0v) is 4.76. The van der Waals surface area contributed by atoms with E-state index in [9.17, 15) is 0 Å². The maximum absolute atomic E-state index is 8.23. The van der Waals surface area contributed by atoms with Crippen LogP contribution in [0.4, 0.5) is 0 Å². The minimum Gasteiger partial charge on any atom is -0.267 e. The van der Waals surface area contributed by atoms with Gasteiger partial charge >= 0.3 is 0 Å². The summed E-state index contributed by atoms with van der Waals surface area (Å²) >= 11 is 5.40. The van der Waals surface area contributed by atoms with Gasteiger partial charge in [0.05, 0.1) is 5.56 Å². The van der Waals surface area contributed by atoms with Gasteiger partial charge in [0.1, 0.15) is 6.07 Å². The lowest BCUT2D eigenvalue weighted by Gasteiger charge is -1.75. The second kappa shape index (κ2) is 1.89. The minimum absolute atomic E-state index is 0.583. The van der Waals surface area contributed by atoms with E-state index in [1.54, 1.807) is 18.5 Å². The first-order valence-electron chi connectivity index (χ1n) is 2.07. The fourth-order valence-electron chi connectivity index (χ4n) is 0.437. The van der Waals surface area contributed by atoms with E-state index in [1.807, 2.05) is 6.07 Å². The van der Waals surface area contributed by atoms with Crippen molar-refractivity contribution >= 4 is 11.8 Å². The number of hydrogen-bond donors (Lipinski definition) is 0. The number of aromatic nitrogens is 1. The molecule has 0 saturated heterocycles. The molecule has 0 aromatic carbocycles. The molecule has 0 aliphatic carbocycles. The van der Waals surface area contributed by atoms with Crippen LogP contribution < -0.4 is 0 Å². The Morgan fingerprint density at radius 3 is 2.75 bits per heavy atom. The van der Waals surface area contributed by atoms with Crippen LogP contribution >= 0.6 is 11.8 Å². The van der Waals surface area contributed by atoms with Crippen molar-refractivity contribution in [2.45, 2.75) is 0 Å². The third kappa shape index (κ3) is 0.824. The molecule has 40 valence electrons. The number of nitrogens with zero attached hydrogens (tertiary/aromatic N) is 2. The molecule has 0 unspecified atom stereocenters. The molecule has 8 heavy (non-hydrogen) atoms. The van der Waals surface area contributed by atoms with Gasteiger partial charge in [-0.1, -0.05) is 0 Å². The topological polar surface area (TPSA) is 28.7 Å². The molecule has 0 fully saturated rings. The third-order valence-electron chi connectivity index (χ3n) is 0.788. The second-order valence-electron chi connectivity index (χ2n) is 1.36. The van der Waals surface area contributed by atoms with E-state index >= 15 is 0 Å². The largest absolute Gasteiger partial charge is 0.267 e. The Balaban J connectivity index is 3.05. The SMILES string of the molecule is N#Cc1ccn(Cl)c1. The van der Waals surface area contributed by atoms with Crippen LogP contribution in [-0.2, 0) is 0 Å². The van der Waals surface area contributed by atoms with Gasteiger partial charge < -0.3 is 0 Å². The smallest absolute Gasteiger partial charge is 0.101 e. The maximum Gasteiger partial charge on any atom is 0.101 e. The van der Waals surface area contributed by atoms with Crippen LogP contribution in [0.25, 0.3) is 0 Å². The highest BCUT2D eigenvalue weighted by atomic mass is 35.5. The fourth-order valence-corrected chi connectivity index (χ4v) is 0.598. The van der Waals surface area contributed by atoms with Crippen molar-refractivity contribution in [2.75, 3.05) is 0 Å². The molecule has 0 bridgehead atoms.